The van der Waals surface area contributed by atoms with E-state index in [0.717, 1.165) is 42.0 Å². The molecule has 30 heavy (non-hydrogen) atoms. The second-order valence-corrected chi connectivity index (χ2v) is 8.47. The molecule has 4 rings (SSSR count). The monoisotopic (exact) mass is 411 g/mol. The molecule has 1 N–H and O–H groups in total. The predicted octanol–water partition coefficient (Wildman–Crippen LogP) is 4.60. The lowest BCUT2D eigenvalue weighted by atomic mass is 9.81. The number of hydrogen-bond acceptors (Lipinski definition) is 5. The van der Waals surface area contributed by atoms with E-state index in [2.05, 4.69) is 11.9 Å². The molecule has 2 aliphatic rings. The average molecular weight is 411 g/mol. The van der Waals surface area contributed by atoms with Gasteiger partial charge in [0, 0.05) is 29.2 Å². The van der Waals surface area contributed by atoms with E-state index in [4.69, 9.17) is 14.2 Å². The van der Waals surface area contributed by atoms with Crippen molar-refractivity contribution in [3.63, 3.8) is 0 Å². The fourth-order valence-corrected chi connectivity index (χ4v) is 4.90. The van der Waals surface area contributed by atoms with Crippen molar-refractivity contribution in [2.75, 3.05) is 14.2 Å². The Bertz CT molecular complexity index is 976. The summed E-state index contributed by atoms with van der Waals surface area (Å²) in [6.07, 6.45) is 4.02. The van der Waals surface area contributed by atoms with E-state index in [1.165, 1.54) is 0 Å². The van der Waals surface area contributed by atoms with Crippen molar-refractivity contribution in [1.82, 2.24) is 4.98 Å². The molecular weight excluding hydrogens is 382 g/mol. The molecule has 0 radical (unpaired) electrons. The number of hydrogen-bond donors (Lipinski definition) is 1. The minimum atomic E-state index is -0.357. The predicted molar refractivity (Wildman–Crippen MR) is 113 cm³/mol. The average Bonchev–Trinajstić information content (AvgIpc) is 3.30. The van der Waals surface area contributed by atoms with Gasteiger partial charge in [0.15, 0.2) is 5.78 Å². The second-order valence-electron chi connectivity index (χ2n) is 8.47. The number of carbonyl (C=O) groups is 2. The zero-order valence-electron chi connectivity index (χ0n) is 18.0. The molecule has 1 saturated carbocycles. The van der Waals surface area contributed by atoms with Gasteiger partial charge in [-0.15, -0.1) is 0 Å². The molecule has 0 unspecified atom stereocenters. The van der Waals surface area contributed by atoms with Gasteiger partial charge in [-0.05, 0) is 62.3 Å². The third kappa shape index (κ3) is 3.59. The van der Waals surface area contributed by atoms with Gasteiger partial charge in [0.25, 0.3) is 0 Å². The number of ether oxygens (including phenoxy) is 3. The highest BCUT2D eigenvalue weighted by Crippen LogP contribution is 2.40. The van der Waals surface area contributed by atoms with Gasteiger partial charge in [-0.25, -0.2) is 4.79 Å². The van der Waals surface area contributed by atoms with Crippen LogP contribution in [-0.2, 0) is 11.2 Å². The molecule has 1 aromatic carbocycles. The number of carbonyl (C=O) groups excluding carboxylic acids is 2. The van der Waals surface area contributed by atoms with Crippen LogP contribution in [0.2, 0.25) is 0 Å². The van der Waals surface area contributed by atoms with Crippen molar-refractivity contribution in [2.24, 2.45) is 5.92 Å². The number of esters is 1. The summed E-state index contributed by atoms with van der Waals surface area (Å²) >= 11 is 0. The highest BCUT2D eigenvalue weighted by Gasteiger charge is 2.35. The molecule has 0 aliphatic heterocycles. The van der Waals surface area contributed by atoms with Gasteiger partial charge in [0.05, 0.1) is 14.2 Å². The van der Waals surface area contributed by atoms with Crippen LogP contribution in [0.3, 0.4) is 0 Å². The number of Topliss-reactive ketones (excluding diaryl/α,β-unsaturated/α-hetero) is 1. The first-order valence-electron chi connectivity index (χ1n) is 10.6. The summed E-state index contributed by atoms with van der Waals surface area (Å²) in [5.41, 5.74) is 3.48. The van der Waals surface area contributed by atoms with E-state index < -0.39 is 0 Å². The Balaban J connectivity index is 1.62. The summed E-state index contributed by atoms with van der Waals surface area (Å²) in [6, 6.07) is 5.63. The standard InChI is InChI=1S/C24H29NO5/c1-13-6-5-7-20(13)30-24(27)23-14(2)22-18(25-23)10-15(11-19(22)26)17-12-16(28-3)8-9-21(17)29-4/h8-9,12-13,15,20,25H,5-7,10-11H2,1-4H3/t13-,15-,20-/m1/s1. The van der Waals surface area contributed by atoms with Crippen molar-refractivity contribution in [1.29, 1.82) is 0 Å². The van der Waals surface area contributed by atoms with Crippen LogP contribution in [0, 0.1) is 12.8 Å². The number of methoxy groups -OCH3 is 2. The summed E-state index contributed by atoms with van der Waals surface area (Å²) in [4.78, 5) is 29.1. The molecule has 2 aliphatic carbocycles. The Kier molecular flexibility index (Phi) is 5.58. The molecule has 160 valence electrons. The van der Waals surface area contributed by atoms with E-state index in [9.17, 15) is 9.59 Å². The van der Waals surface area contributed by atoms with Gasteiger partial charge in [0.1, 0.15) is 23.3 Å². The summed E-state index contributed by atoms with van der Waals surface area (Å²) in [5.74, 6) is 1.46. The quantitative estimate of drug-likeness (QED) is 0.728. The maximum atomic E-state index is 13.0. The number of fused-ring (bicyclic) bond motifs is 1. The number of aromatic amines is 1. The first-order valence-corrected chi connectivity index (χ1v) is 10.6. The summed E-state index contributed by atoms with van der Waals surface area (Å²) in [6.45, 7) is 3.95. The minimum absolute atomic E-state index is 0.0353. The van der Waals surface area contributed by atoms with Crippen molar-refractivity contribution >= 4 is 11.8 Å². The fourth-order valence-electron chi connectivity index (χ4n) is 4.90. The Hall–Kier alpha value is -2.76. The number of rotatable bonds is 5. The third-order valence-electron chi connectivity index (χ3n) is 6.61. The Morgan fingerprint density at radius 3 is 2.60 bits per heavy atom. The van der Waals surface area contributed by atoms with Gasteiger partial charge < -0.3 is 19.2 Å². The highest BCUT2D eigenvalue weighted by atomic mass is 16.5. The van der Waals surface area contributed by atoms with Gasteiger partial charge in [-0.2, -0.15) is 0 Å². The molecule has 2 aromatic rings. The van der Waals surface area contributed by atoms with Crippen LogP contribution >= 0.6 is 0 Å². The SMILES string of the molecule is COc1ccc(OC)c([C@H]2CC(=O)c3c([nH]c(C(=O)O[C@@H]4CCC[C@H]4C)c3C)C2)c1. The van der Waals surface area contributed by atoms with Crippen LogP contribution < -0.4 is 9.47 Å². The largest absolute Gasteiger partial charge is 0.497 e. The summed E-state index contributed by atoms with van der Waals surface area (Å²) in [5, 5.41) is 0. The lowest BCUT2D eigenvalue weighted by Crippen LogP contribution is -2.21. The number of ketones is 1. The van der Waals surface area contributed by atoms with Gasteiger partial charge in [-0.1, -0.05) is 6.92 Å². The van der Waals surface area contributed by atoms with Crippen molar-refractivity contribution in [2.45, 2.75) is 58.0 Å². The van der Waals surface area contributed by atoms with Crippen LogP contribution in [0.1, 0.15) is 76.2 Å². The smallest absolute Gasteiger partial charge is 0.355 e. The lowest BCUT2D eigenvalue weighted by molar-refractivity contribution is 0.0219. The van der Waals surface area contributed by atoms with E-state index in [0.29, 0.717) is 35.6 Å². The van der Waals surface area contributed by atoms with Gasteiger partial charge in [0.2, 0.25) is 0 Å². The van der Waals surface area contributed by atoms with Gasteiger partial charge >= 0.3 is 5.97 Å². The number of nitrogens with one attached hydrogen (secondary N) is 1. The fraction of sp³-hybridized carbons (Fsp3) is 0.500. The van der Waals surface area contributed by atoms with Crippen LogP contribution in [0.25, 0.3) is 0 Å². The minimum Gasteiger partial charge on any atom is -0.497 e. The number of benzene rings is 1. The van der Waals surface area contributed by atoms with Crippen LogP contribution in [0.5, 0.6) is 11.5 Å². The first-order chi connectivity index (χ1) is 14.4. The summed E-state index contributed by atoms with van der Waals surface area (Å²) in [7, 11) is 3.24. The maximum Gasteiger partial charge on any atom is 0.355 e. The third-order valence-corrected chi connectivity index (χ3v) is 6.61. The van der Waals surface area contributed by atoms with E-state index in [1.54, 1.807) is 14.2 Å². The normalized spacial score (nSPS) is 23.2. The van der Waals surface area contributed by atoms with E-state index in [1.807, 2.05) is 25.1 Å². The zero-order valence-corrected chi connectivity index (χ0v) is 18.0. The summed E-state index contributed by atoms with van der Waals surface area (Å²) < 4.78 is 16.6. The zero-order chi connectivity index (χ0) is 21.4. The second kappa shape index (κ2) is 8.17. The van der Waals surface area contributed by atoms with Gasteiger partial charge in [-0.3, -0.25) is 4.79 Å². The Morgan fingerprint density at radius 2 is 1.93 bits per heavy atom. The maximum absolute atomic E-state index is 13.0. The van der Waals surface area contributed by atoms with Crippen LogP contribution in [0.4, 0.5) is 0 Å². The molecule has 6 heteroatoms. The Morgan fingerprint density at radius 1 is 1.13 bits per heavy atom. The number of aromatic nitrogens is 1. The molecule has 1 aromatic heterocycles. The van der Waals surface area contributed by atoms with Crippen LogP contribution in [0.15, 0.2) is 18.2 Å². The van der Waals surface area contributed by atoms with Crippen molar-refractivity contribution in [3.05, 3.63) is 46.3 Å². The van der Waals surface area contributed by atoms with E-state index in [-0.39, 0.29) is 23.8 Å². The molecule has 0 saturated heterocycles. The molecule has 0 amide bonds. The molecule has 0 spiro atoms. The van der Waals surface area contributed by atoms with Crippen molar-refractivity contribution in [3.8, 4) is 11.5 Å². The molecule has 6 nitrogen and oxygen atoms in total. The number of H-pyrrole nitrogens is 1. The van der Waals surface area contributed by atoms with Crippen LogP contribution in [-0.4, -0.2) is 37.1 Å². The molecule has 1 fully saturated rings. The molecule has 0 bridgehead atoms. The lowest BCUT2D eigenvalue weighted by Gasteiger charge is -2.24. The Labute approximate surface area is 176 Å². The van der Waals surface area contributed by atoms with E-state index >= 15 is 0 Å². The topological polar surface area (TPSA) is 77.6 Å². The first kappa shape index (κ1) is 20.5. The molecule has 1 heterocycles. The highest BCUT2D eigenvalue weighted by molar-refractivity contribution is 6.03. The molecular formula is C24H29NO5. The molecule has 3 atom stereocenters. The van der Waals surface area contributed by atoms with Crippen molar-refractivity contribution < 1.29 is 23.8 Å².